The number of fused-ring (bicyclic) bond motifs is 1. The van der Waals surface area contributed by atoms with Crippen molar-refractivity contribution in [3.05, 3.63) is 72.6 Å². The lowest BCUT2D eigenvalue weighted by Crippen LogP contribution is -2.07. The molecule has 0 unspecified atom stereocenters. The highest BCUT2D eigenvalue weighted by Gasteiger charge is 2.08. The van der Waals surface area contributed by atoms with Crippen molar-refractivity contribution in [3.63, 3.8) is 0 Å². The Morgan fingerprint density at radius 1 is 1.00 bits per heavy atom. The summed E-state index contributed by atoms with van der Waals surface area (Å²) in [7, 11) is 4.08. The molecule has 0 atom stereocenters. The van der Waals surface area contributed by atoms with Crippen molar-refractivity contribution in [2.24, 2.45) is 0 Å². The molecule has 0 bridgehead atoms. The lowest BCUT2D eigenvalue weighted by atomic mass is 10.1. The van der Waals surface area contributed by atoms with E-state index in [4.69, 9.17) is 4.52 Å². The summed E-state index contributed by atoms with van der Waals surface area (Å²) in [6.07, 6.45) is 4.06. The molecule has 0 aliphatic carbocycles. The van der Waals surface area contributed by atoms with Gasteiger partial charge in [-0.2, -0.15) is 0 Å². The van der Waals surface area contributed by atoms with E-state index in [0.29, 0.717) is 0 Å². The number of nitrogens with zero attached hydrogens (tertiary/aromatic N) is 3. The Balaban J connectivity index is 1.39. The first-order chi connectivity index (χ1) is 12.7. The molecule has 0 amide bonds. The number of rotatable bonds is 6. The normalized spacial score (nSPS) is 11.2. The molecule has 0 fully saturated rings. The topological polar surface area (TPSA) is 34.2 Å². The molecule has 4 nitrogen and oxygen atoms in total. The van der Waals surface area contributed by atoms with E-state index < -0.39 is 0 Å². The predicted molar refractivity (Wildman–Crippen MR) is 107 cm³/mol. The third-order valence-electron chi connectivity index (χ3n) is 4.74. The molecule has 0 spiro atoms. The van der Waals surface area contributed by atoms with Gasteiger partial charge in [0.1, 0.15) is 11.5 Å². The smallest absolute Gasteiger partial charge is 0.137 e. The van der Waals surface area contributed by atoms with Gasteiger partial charge in [-0.3, -0.25) is 0 Å². The molecule has 2 heterocycles. The van der Waals surface area contributed by atoms with Crippen molar-refractivity contribution in [3.8, 4) is 11.3 Å². The summed E-state index contributed by atoms with van der Waals surface area (Å²) >= 11 is 0. The summed E-state index contributed by atoms with van der Waals surface area (Å²) < 4.78 is 7.83. The molecule has 0 saturated heterocycles. The lowest BCUT2D eigenvalue weighted by Gasteiger charge is -2.11. The highest BCUT2D eigenvalue weighted by atomic mass is 16.5. The van der Waals surface area contributed by atoms with Crippen LogP contribution in [0, 0.1) is 0 Å². The van der Waals surface area contributed by atoms with E-state index in [1.165, 1.54) is 16.6 Å². The number of benzene rings is 2. The monoisotopic (exact) mass is 345 g/mol. The van der Waals surface area contributed by atoms with Crippen molar-refractivity contribution >= 4 is 16.6 Å². The average molecular weight is 345 g/mol. The zero-order valence-electron chi connectivity index (χ0n) is 15.2. The van der Waals surface area contributed by atoms with Gasteiger partial charge in [0.25, 0.3) is 0 Å². The van der Waals surface area contributed by atoms with E-state index in [0.717, 1.165) is 36.4 Å². The highest BCUT2D eigenvalue weighted by Crippen LogP contribution is 2.23. The van der Waals surface area contributed by atoms with Crippen molar-refractivity contribution in [1.82, 2.24) is 9.72 Å². The Labute approximate surface area is 153 Å². The maximum atomic E-state index is 5.53. The molecule has 2 aromatic carbocycles. The SMILES string of the molecule is CN(C)c1ccc(-c2cc(CCCn3ccc4ccccc43)on2)cc1. The van der Waals surface area contributed by atoms with E-state index in [1.54, 1.807) is 0 Å². The molecule has 0 aliphatic heterocycles. The summed E-state index contributed by atoms with van der Waals surface area (Å²) in [5, 5.41) is 5.52. The second kappa shape index (κ2) is 7.08. The van der Waals surface area contributed by atoms with Crippen LogP contribution in [-0.4, -0.2) is 23.8 Å². The van der Waals surface area contributed by atoms with E-state index in [1.807, 2.05) is 14.1 Å². The molecule has 26 heavy (non-hydrogen) atoms. The molecule has 132 valence electrons. The van der Waals surface area contributed by atoms with Crippen molar-refractivity contribution in [2.45, 2.75) is 19.4 Å². The van der Waals surface area contributed by atoms with Gasteiger partial charge in [-0.05, 0) is 36.1 Å². The minimum Gasteiger partial charge on any atom is -0.378 e. The zero-order valence-corrected chi connectivity index (χ0v) is 15.2. The maximum absolute atomic E-state index is 5.53. The lowest BCUT2D eigenvalue weighted by molar-refractivity contribution is 0.380. The Bertz CT molecular complexity index is 996. The van der Waals surface area contributed by atoms with Gasteiger partial charge in [-0.1, -0.05) is 35.5 Å². The minimum absolute atomic E-state index is 0.884. The second-order valence-corrected chi connectivity index (χ2v) is 6.79. The van der Waals surface area contributed by atoms with Gasteiger partial charge < -0.3 is 14.0 Å². The number of aromatic nitrogens is 2. The Kier molecular flexibility index (Phi) is 4.48. The zero-order chi connectivity index (χ0) is 17.9. The molecular weight excluding hydrogens is 322 g/mol. The first-order valence-corrected chi connectivity index (χ1v) is 8.98. The summed E-state index contributed by atoms with van der Waals surface area (Å²) in [5.74, 6) is 0.938. The fourth-order valence-corrected chi connectivity index (χ4v) is 3.26. The predicted octanol–water partition coefficient (Wildman–Crippen LogP) is 5.00. The fraction of sp³-hybridized carbons (Fsp3) is 0.227. The highest BCUT2D eigenvalue weighted by molar-refractivity contribution is 5.79. The Morgan fingerprint density at radius 2 is 1.81 bits per heavy atom. The van der Waals surface area contributed by atoms with Crippen LogP contribution in [0.25, 0.3) is 22.2 Å². The fourth-order valence-electron chi connectivity index (χ4n) is 3.26. The van der Waals surface area contributed by atoms with E-state index >= 15 is 0 Å². The summed E-state index contributed by atoms with van der Waals surface area (Å²) in [6.45, 7) is 0.973. The number of para-hydroxylation sites is 1. The molecular formula is C22H23N3O. The van der Waals surface area contributed by atoms with Crippen LogP contribution >= 0.6 is 0 Å². The number of aryl methyl sites for hydroxylation is 2. The molecule has 0 N–H and O–H groups in total. The van der Waals surface area contributed by atoms with Gasteiger partial charge in [0.05, 0.1) is 0 Å². The van der Waals surface area contributed by atoms with E-state index in [9.17, 15) is 0 Å². The van der Waals surface area contributed by atoms with Crippen LogP contribution < -0.4 is 4.90 Å². The summed E-state index contributed by atoms with van der Waals surface area (Å²) in [6, 6.07) is 21.1. The van der Waals surface area contributed by atoms with Crippen molar-refractivity contribution in [1.29, 1.82) is 0 Å². The third kappa shape index (κ3) is 3.36. The molecule has 0 radical (unpaired) electrons. The van der Waals surface area contributed by atoms with Crippen LogP contribution in [0.1, 0.15) is 12.2 Å². The van der Waals surface area contributed by atoms with Gasteiger partial charge in [-0.15, -0.1) is 0 Å². The van der Waals surface area contributed by atoms with Crippen LogP contribution in [0.15, 0.2) is 71.4 Å². The third-order valence-corrected chi connectivity index (χ3v) is 4.74. The summed E-state index contributed by atoms with van der Waals surface area (Å²) in [5.41, 5.74) is 4.45. The quantitative estimate of drug-likeness (QED) is 0.493. The molecule has 4 aromatic rings. The van der Waals surface area contributed by atoms with Crippen molar-refractivity contribution in [2.75, 3.05) is 19.0 Å². The number of hydrogen-bond donors (Lipinski definition) is 0. The first-order valence-electron chi connectivity index (χ1n) is 8.98. The van der Waals surface area contributed by atoms with Crippen LogP contribution in [-0.2, 0) is 13.0 Å². The molecule has 0 saturated carbocycles. The summed E-state index contributed by atoms with van der Waals surface area (Å²) in [4.78, 5) is 2.09. The van der Waals surface area contributed by atoms with Gasteiger partial charge in [0.2, 0.25) is 0 Å². The maximum Gasteiger partial charge on any atom is 0.137 e. The standard InChI is InChI=1S/C22H23N3O/c1-24(2)19-11-9-17(10-12-19)21-16-20(26-23-21)7-5-14-25-15-13-18-6-3-4-8-22(18)25/h3-4,6,8-13,15-16H,5,7,14H2,1-2H3. The molecule has 2 aromatic heterocycles. The molecule has 4 rings (SSSR count). The van der Waals surface area contributed by atoms with Crippen LogP contribution in [0.3, 0.4) is 0 Å². The molecule has 4 heteroatoms. The molecule has 0 aliphatic rings. The number of hydrogen-bond acceptors (Lipinski definition) is 3. The first kappa shape index (κ1) is 16.5. The number of anilines is 1. The van der Waals surface area contributed by atoms with E-state index in [-0.39, 0.29) is 0 Å². The van der Waals surface area contributed by atoms with E-state index in [2.05, 4.69) is 81.5 Å². The van der Waals surface area contributed by atoms with Gasteiger partial charge in [0, 0.05) is 56.1 Å². The minimum atomic E-state index is 0.884. The van der Waals surface area contributed by atoms with Gasteiger partial charge in [-0.25, -0.2) is 0 Å². The Morgan fingerprint density at radius 3 is 2.62 bits per heavy atom. The Hall–Kier alpha value is -3.01. The van der Waals surface area contributed by atoms with Crippen LogP contribution in [0.2, 0.25) is 0 Å². The van der Waals surface area contributed by atoms with Crippen LogP contribution in [0.5, 0.6) is 0 Å². The average Bonchev–Trinajstić information content (AvgIpc) is 3.29. The van der Waals surface area contributed by atoms with Crippen molar-refractivity contribution < 1.29 is 4.52 Å². The van der Waals surface area contributed by atoms with Gasteiger partial charge in [0.15, 0.2) is 0 Å². The van der Waals surface area contributed by atoms with Crippen LogP contribution in [0.4, 0.5) is 5.69 Å². The van der Waals surface area contributed by atoms with Gasteiger partial charge >= 0.3 is 0 Å². The largest absolute Gasteiger partial charge is 0.378 e. The second-order valence-electron chi connectivity index (χ2n) is 6.79.